The fourth-order valence-corrected chi connectivity index (χ4v) is 2.26. The number of aromatic hydroxyl groups is 1. The van der Waals surface area contributed by atoms with Gasteiger partial charge in [-0.2, -0.15) is 5.10 Å². The molecule has 1 heterocycles. The zero-order valence-electron chi connectivity index (χ0n) is 10.9. The van der Waals surface area contributed by atoms with Crippen LogP contribution in [-0.4, -0.2) is 22.2 Å². The van der Waals surface area contributed by atoms with Crippen LogP contribution >= 0.6 is 11.3 Å². The number of rotatable bonds is 4. The van der Waals surface area contributed by atoms with Crippen LogP contribution in [0.5, 0.6) is 5.75 Å². The molecule has 7 nitrogen and oxygen atoms in total. The maximum atomic E-state index is 11.8. The Labute approximate surface area is 123 Å². The number of aryl methyl sites for hydroxylation is 1. The molecule has 2 rings (SSSR count). The summed E-state index contributed by atoms with van der Waals surface area (Å²) in [6.45, 7) is 1.68. The van der Waals surface area contributed by atoms with Crippen LogP contribution in [0.3, 0.4) is 0 Å². The number of phenolic OH excluding ortho intramolecular Hbond substituents is 1. The maximum absolute atomic E-state index is 11.8. The molecule has 0 spiro atoms. The van der Waals surface area contributed by atoms with Crippen LogP contribution in [0.25, 0.3) is 0 Å². The van der Waals surface area contributed by atoms with Crippen LogP contribution in [0.1, 0.15) is 20.8 Å². The van der Waals surface area contributed by atoms with E-state index in [2.05, 4.69) is 10.5 Å². The molecule has 2 aromatic rings. The molecule has 0 saturated carbocycles. The van der Waals surface area contributed by atoms with Crippen LogP contribution in [0, 0.1) is 17.0 Å². The Morgan fingerprint density at radius 1 is 1.43 bits per heavy atom. The number of nitrogens with one attached hydrogen (secondary N) is 1. The van der Waals surface area contributed by atoms with E-state index in [4.69, 9.17) is 0 Å². The van der Waals surface area contributed by atoms with E-state index < -0.39 is 10.8 Å². The lowest BCUT2D eigenvalue weighted by Gasteiger charge is -2.04. The highest BCUT2D eigenvalue weighted by atomic mass is 32.1. The molecule has 0 atom stereocenters. The summed E-state index contributed by atoms with van der Waals surface area (Å²) in [5.41, 5.74) is 2.96. The molecule has 0 fully saturated rings. The number of nitro groups is 1. The summed E-state index contributed by atoms with van der Waals surface area (Å²) >= 11 is 0.945. The summed E-state index contributed by atoms with van der Waals surface area (Å²) in [4.78, 5) is 22.4. The highest BCUT2D eigenvalue weighted by Crippen LogP contribution is 2.23. The van der Waals surface area contributed by atoms with Gasteiger partial charge in [0.2, 0.25) is 0 Å². The van der Waals surface area contributed by atoms with Crippen molar-refractivity contribution in [2.24, 2.45) is 5.10 Å². The van der Waals surface area contributed by atoms with E-state index in [-0.39, 0.29) is 16.3 Å². The Morgan fingerprint density at radius 2 is 2.19 bits per heavy atom. The fraction of sp³-hybridized carbons (Fsp3) is 0.0769. The monoisotopic (exact) mass is 305 g/mol. The number of hydrogen-bond donors (Lipinski definition) is 2. The molecular weight excluding hydrogens is 294 g/mol. The van der Waals surface area contributed by atoms with E-state index in [0.29, 0.717) is 10.4 Å². The van der Waals surface area contributed by atoms with Crippen molar-refractivity contribution in [2.45, 2.75) is 6.92 Å². The van der Waals surface area contributed by atoms with Gasteiger partial charge in [0.15, 0.2) is 0 Å². The number of hydrogen-bond acceptors (Lipinski definition) is 6. The van der Waals surface area contributed by atoms with Gasteiger partial charge in [0.05, 0.1) is 21.6 Å². The highest BCUT2D eigenvalue weighted by Gasteiger charge is 2.12. The number of para-hydroxylation sites is 1. The summed E-state index contributed by atoms with van der Waals surface area (Å²) in [6, 6.07) is 7.70. The summed E-state index contributed by atoms with van der Waals surface area (Å²) in [6.07, 6.45) is 1.31. The van der Waals surface area contributed by atoms with Crippen LogP contribution in [-0.2, 0) is 0 Å². The van der Waals surface area contributed by atoms with Gasteiger partial charge < -0.3 is 5.11 Å². The number of nitrogens with zero attached hydrogens (tertiary/aromatic N) is 2. The number of hydrazone groups is 1. The van der Waals surface area contributed by atoms with E-state index in [9.17, 15) is 20.0 Å². The SMILES string of the molecule is Cc1cccc(C(=O)N/N=C/c2ccc([N+](=O)[O-])s2)c1O. The summed E-state index contributed by atoms with van der Waals surface area (Å²) in [5.74, 6) is -0.657. The molecule has 0 bridgehead atoms. The third kappa shape index (κ3) is 3.42. The van der Waals surface area contributed by atoms with Crippen molar-refractivity contribution in [1.29, 1.82) is 0 Å². The Hall–Kier alpha value is -2.74. The molecule has 1 aromatic heterocycles. The van der Waals surface area contributed by atoms with E-state index in [1.807, 2.05) is 0 Å². The average molecular weight is 305 g/mol. The molecule has 1 aromatic carbocycles. The van der Waals surface area contributed by atoms with Gasteiger partial charge in [0.25, 0.3) is 5.91 Å². The molecular formula is C13H11N3O4S. The van der Waals surface area contributed by atoms with Gasteiger partial charge >= 0.3 is 5.00 Å². The van der Waals surface area contributed by atoms with E-state index >= 15 is 0 Å². The zero-order valence-corrected chi connectivity index (χ0v) is 11.8. The first kappa shape index (κ1) is 14.7. The number of carbonyl (C=O) groups excluding carboxylic acids is 1. The molecule has 0 unspecified atom stereocenters. The van der Waals surface area contributed by atoms with Gasteiger partial charge in [0.1, 0.15) is 5.75 Å². The molecule has 0 radical (unpaired) electrons. The van der Waals surface area contributed by atoms with Crippen molar-refractivity contribution in [3.05, 3.63) is 56.5 Å². The first-order valence-electron chi connectivity index (χ1n) is 5.85. The summed E-state index contributed by atoms with van der Waals surface area (Å²) in [5, 5.41) is 24.0. The molecule has 108 valence electrons. The number of phenols is 1. The quantitative estimate of drug-likeness (QED) is 0.514. The van der Waals surface area contributed by atoms with Gasteiger partial charge in [0, 0.05) is 6.07 Å². The number of carbonyl (C=O) groups is 1. The van der Waals surface area contributed by atoms with Gasteiger partial charge in [-0.25, -0.2) is 5.43 Å². The second kappa shape index (κ2) is 6.14. The minimum absolute atomic E-state index is 0.000829. The lowest BCUT2D eigenvalue weighted by Crippen LogP contribution is -2.17. The van der Waals surface area contributed by atoms with Crippen LogP contribution < -0.4 is 5.43 Å². The zero-order chi connectivity index (χ0) is 15.4. The van der Waals surface area contributed by atoms with Crippen LogP contribution in [0.15, 0.2) is 35.4 Å². The smallest absolute Gasteiger partial charge is 0.324 e. The summed E-state index contributed by atoms with van der Waals surface area (Å²) < 4.78 is 0. The lowest BCUT2D eigenvalue weighted by atomic mass is 10.1. The standard InChI is InChI=1S/C13H11N3O4S/c1-8-3-2-4-10(12(8)17)13(18)15-14-7-9-5-6-11(21-9)16(19)20/h2-7,17H,1H3,(H,15,18)/b14-7+. The molecule has 2 N–H and O–H groups in total. The van der Waals surface area contributed by atoms with Crippen LogP contribution in [0.4, 0.5) is 5.00 Å². The minimum Gasteiger partial charge on any atom is -0.507 e. The van der Waals surface area contributed by atoms with Gasteiger partial charge in [-0.1, -0.05) is 23.5 Å². The minimum atomic E-state index is -0.557. The highest BCUT2D eigenvalue weighted by molar-refractivity contribution is 7.16. The second-order valence-electron chi connectivity index (χ2n) is 4.10. The van der Waals surface area contributed by atoms with E-state index in [1.54, 1.807) is 19.1 Å². The Balaban J connectivity index is 2.05. The van der Waals surface area contributed by atoms with Gasteiger partial charge in [-0.15, -0.1) is 0 Å². The third-order valence-corrected chi connectivity index (χ3v) is 3.60. The fourth-order valence-electron chi connectivity index (χ4n) is 1.57. The topological polar surface area (TPSA) is 105 Å². The molecule has 0 aliphatic rings. The van der Waals surface area contributed by atoms with Crippen molar-refractivity contribution in [2.75, 3.05) is 0 Å². The van der Waals surface area contributed by atoms with E-state index in [1.165, 1.54) is 24.4 Å². The molecule has 0 saturated heterocycles. The lowest BCUT2D eigenvalue weighted by molar-refractivity contribution is -0.380. The largest absolute Gasteiger partial charge is 0.507 e. The first-order chi connectivity index (χ1) is 9.99. The van der Waals surface area contributed by atoms with Crippen molar-refractivity contribution >= 4 is 28.5 Å². The Bertz CT molecular complexity index is 724. The van der Waals surface area contributed by atoms with Crippen molar-refractivity contribution in [3.8, 4) is 5.75 Å². The van der Waals surface area contributed by atoms with Crippen molar-refractivity contribution in [1.82, 2.24) is 5.43 Å². The normalized spacial score (nSPS) is 10.7. The number of amides is 1. The third-order valence-electron chi connectivity index (χ3n) is 2.63. The molecule has 21 heavy (non-hydrogen) atoms. The van der Waals surface area contributed by atoms with Gasteiger partial charge in [-0.05, 0) is 24.6 Å². The molecule has 1 amide bonds. The summed E-state index contributed by atoms with van der Waals surface area (Å²) in [7, 11) is 0. The Kier molecular flexibility index (Phi) is 4.29. The molecule has 8 heteroatoms. The Morgan fingerprint density at radius 3 is 2.86 bits per heavy atom. The predicted molar refractivity (Wildman–Crippen MR) is 78.9 cm³/mol. The van der Waals surface area contributed by atoms with Crippen molar-refractivity contribution < 1.29 is 14.8 Å². The van der Waals surface area contributed by atoms with E-state index in [0.717, 1.165) is 11.3 Å². The van der Waals surface area contributed by atoms with Gasteiger partial charge in [-0.3, -0.25) is 14.9 Å². The predicted octanol–water partition coefficient (Wildman–Crippen LogP) is 2.43. The van der Waals surface area contributed by atoms with Crippen LogP contribution in [0.2, 0.25) is 0 Å². The molecule has 0 aliphatic carbocycles. The number of thiophene rings is 1. The second-order valence-corrected chi connectivity index (χ2v) is 5.20. The first-order valence-corrected chi connectivity index (χ1v) is 6.67. The maximum Gasteiger partial charge on any atom is 0.324 e. The molecule has 0 aliphatic heterocycles. The number of benzene rings is 1. The van der Waals surface area contributed by atoms with Crippen molar-refractivity contribution in [3.63, 3.8) is 0 Å². The average Bonchev–Trinajstić information content (AvgIpc) is 2.91.